The van der Waals surface area contributed by atoms with E-state index in [0.29, 0.717) is 13.1 Å². The molecule has 0 radical (unpaired) electrons. The number of rotatable bonds is 2. The second-order valence-corrected chi connectivity index (χ2v) is 4.62. The van der Waals surface area contributed by atoms with Crippen LogP contribution in [0.4, 0.5) is 0 Å². The number of nitrogens with one attached hydrogen (secondary N) is 1. The van der Waals surface area contributed by atoms with Gasteiger partial charge in [-0.2, -0.15) is 0 Å². The van der Waals surface area contributed by atoms with Gasteiger partial charge in [-0.15, -0.1) is 0 Å². The molecule has 5 nitrogen and oxygen atoms in total. The van der Waals surface area contributed by atoms with Crippen molar-refractivity contribution in [2.45, 2.75) is 13.8 Å². The fraction of sp³-hybridized carbons (Fsp3) is 0.538. The number of likely N-dealkylation sites (N-methyl/N-ethyl adjacent to an activating group) is 1. The number of carbonyl (C=O) groups excluding carboxylic acids is 1. The van der Waals surface area contributed by atoms with Gasteiger partial charge < -0.3 is 14.8 Å². The lowest BCUT2D eigenvalue weighted by Crippen LogP contribution is -2.49. The summed E-state index contributed by atoms with van der Waals surface area (Å²) in [4.78, 5) is 31.0. The van der Waals surface area contributed by atoms with Gasteiger partial charge in [-0.3, -0.25) is 9.59 Å². The van der Waals surface area contributed by atoms with Crippen LogP contribution in [0.5, 0.6) is 0 Å². The predicted molar refractivity (Wildman–Crippen MR) is 69.8 cm³/mol. The van der Waals surface area contributed by atoms with Crippen LogP contribution >= 0.6 is 0 Å². The Kier molecular flexibility index (Phi) is 3.81. The van der Waals surface area contributed by atoms with Crippen molar-refractivity contribution in [2.75, 3.05) is 32.7 Å². The first-order valence-electron chi connectivity index (χ1n) is 6.32. The topological polar surface area (TPSA) is 56.4 Å². The van der Waals surface area contributed by atoms with Gasteiger partial charge in [-0.05, 0) is 13.5 Å². The molecule has 2 rings (SSSR count). The fourth-order valence-electron chi connectivity index (χ4n) is 2.18. The maximum atomic E-state index is 12.2. The number of amides is 1. The van der Waals surface area contributed by atoms with Crippen LogP contribution in [-0.2, 0) is 0 Å². The number of H-pyrrole nitrogens is 1. The fourth-order valence-corrected chi connectivity index (χ4v) is 2.18. The molecule has 1 aromatic rings. The Labute approximate surface area is 106 Å². The van der Waals surface area contributed by atoms with Crippen LogP contribution in [0.1, 0.15) is 23.0 Å². The maximum absolute atomic E-state index is 12.2. The third-order valence-electron chi connectivity index (χ3n) is 3.39. The summed E-state index contributed by atoms with van der Waals surface area (Å²) in [5.74, 6) is -0.160. The van der Waals surface area contributed by atoms with Crippen LogP contribution < -0.4 is 5.43 Å². The molecular weight excluding hydrogens is 230 g/mol. The third-order valence-corrected chi connectivity index (χ3v) is 3.39. The van der Waals surface area contributed by atoms with E-state index in [1.54, 1.807) is 11.8 Å². The van der Waals surface area contributed by atoms with Crippen LogP contribution in [0, 0.1) is 6.92 Å². The summed E-state index contributed by atoms with van der Waals surface area (Å²) in [6.45, 7) is 8.07. The lowest BCUT2D eigenvalue weighted by atomic mass is 10.2. The highest BCUT2D eigenvalue weighted by Crippen LogP contribution is 2.05. The lowest BCUT2D eigenvalue weighted by molar-refractivity contribution is 0.0641. The summed E-state index contributed by atoms with van der Waals surface area (Å²) < 4.78 is 0. The molecule has 0 unspecified atom stereocenters. The number of aromatic nitrogens is 1. The zero-order valence-corrected chi connectivity index (χ0v) is 10.9. The normalized spacial score (nSPS) is 16.9. The molecule has 18 heavy (non-hydrogen) atoms. The average Bonchev–Trinajstić information content (AvgIpc) is 2.38. The van der Waals surface area contributed by atoms with E-state index in [-0.39, 0.29) is 16.9 Å². The first-order valence-corrected chi connectivity index (χ1v) is 6.32. The van der Waals surface area contributed by atoms with Gasteiger partial charge in [-0.1, -0.05) is 6.92 Å². The van der Waals surface area contributed by atoms with Crippen LogP contribution in [0.2, 0.25) is 0 Å². The molecule has 1 aliphatic heterocycles. The molecule has 1 N–H and O–H groups in total. The summed E-state index contributed by atoms with van der Waals surface area (Å²) in [6, 6.07) is 1.47. The van der Waals surface area contributed by atoms with Crippen LogP contribution in [0.3, 0.4) is 0 Å². The first kappa shape index (κ1) is 12.8. The molecule has 5 heteroatoms. The SMILES string of the molecule is CCN1CCN(C(=O)c2c[nH]c(C)cc2=O)CC1. The summed E-state index contributed by atoms with van der Waals surface area (Å²) >= 11 is 0. The van der Waals surface area contributed by atoms with Crippen LogP contribution in [0.25, 0.3) is 0 Å². The Morgan fingerprint density at radius 2 is 2.00 bits per heavy atom. The molecule has 1 aromatic heterocycles. The minimum Gasteiger partial charge on any atom is -0.364 e. The molecule has 1 saturated heterocycles. The van der Waals surface area contributed by atoms with Gasteiger partial charge in [0, 0.05) is 44.1 Å². The number of hydrogen-bond donors (Lipinski definition) is 1. The van der Waals surface area contributed by atoms with E-state index < -0.39 is 0 Å². The zero-order valence-electron chi connectivity index (χ0n) is 10.9. The number of pyridine rings is 1. The van der Waals surface area contributed by atoms with Crippen molar-refractivity contribution in [1.82, 2.24) is 14.8 Å². The Morgan fingerprint density at radius 3 is 2.56 bits per heavy atom. The lowest BCUT2D eigenvalue weighted by Gasteiger charge is -2.33. The molecule has 2 heterocycles. The van der Waals surface area contributed by atoms with Gasteiger partial charge in [0.2, 0.25) is 0 Å². The Bertz CT molecular complexity index is 487. The van der Waals surface area contributed by atoms with Crippen LogP contribution in [-0.4, -0.2) is 53.4 Å². The minimum atomic E-state index is -0.200. The van der Waals surface area contributed by atoms with Crippen LogP contribution in [0.15, 0.2) is 17.1 Å². The highest BCUT2D eigenvalue weighted by atomic mass is 16.2. The minimum absolute atomic E-state index is 0.160. The summed E-state index contributed by atoms with van der Waals surface area (Å²) in [5.41, 5.74) is 0.812. The average molecular weight is 249 g/mol. The van der Waals surface area contributed by atoms with E-state index in [1.165, 1.54) is 12.3 Å². The zero-order chi connectivity index (χ0) is 13.1. The van der Waals surface area contributed by atoms with Crippen molar-refractivity contribution < 1.29 is 4.79 Å². The number of piperazine rings is 1. The largest absolute Gasteiger partial charge is 0.364 e. The standard InChI is InChI=1S/C13H19N3O2/c1-3-15-4-6-16(7-5-15)13(18)11-9-14-10(2)8-12(11)17/h8-9H,3-7H2,1-2H3,(H,14,17). The van der Waals surface area contributed by atoms with Gasteiger partial charge in [0.05, 0.1) is 0 Å². The highest BCUT2D eigenvalue weighted by Gasteiger charge is 2.22. The van der Waals surface area contributed by atoms with Gasteiger partial charge in [0.1, 0.15) is 5.56 Å². The molecule has 1 amide bonds. The Hall–Kier alpha value is -1.62. The Balaban J connectivity index is 2.10. The molecule has 0 aromatic carbocycles. The second kappa shape index (κ2) is 5.35. The molecule has 1 fully saturated rings. The van der Waals surface area contributed by atoms with Crippen molar-refractivity contribution in [3.8, 4) is 0 Å². The van der Waals surface area contributed by atoms with Gasteiger partial charge in [-0.25, -0.2) is 0 Å². The molecule has 0 spiro atoms. The van der Waals surface area contributed by atoms with Gasteiger partial charge >= 0.3 is 0 Å². The van der Waals surface area contributed by atoms with Crippen molar-refractivity contribution in [3.63, 3.8) is 0 Å². The molecule has 0 aliphatic carbocycles. The number of carbonyl (C=O) groups is 1. The quantitative estimate of drug-likeness (QED) is 0.828. The third kappa shape index (κ3) is 2.61. The molecule has 0 bridgehead atoms. The summed E-state index contributed by atoms with van der Waals surface area (Å²) in [5, 5.41) is 0. The van der Waals surface area contributed by atoms with E-state index >= 15 is 0 Å². The predicted octanol–water partition coefficient (Wildman–Crippen LogP) is 0.461. The summed E-state index contributed by atoms with van der Waals surface area (Å²) in [7, 11) is 0. The first-order chi connectivity index (χ1) is 8.61. The van der Waals surface area contributed by atoms with E-state index in [4.69, 9.17) is 0 Å². The monoisotopic (exact) mass is 249 g/mol. The van der Waals surface area contributed by atoms with E-state index in [2.05, 4.69) is 16.8 Å². The van der Waals surface area contributed by atoms with E-state index in [1.807, 2.05) is 0 Å². The maximum Gasteiger partial charge on any atom is 0.259 e. The molecular formula is C13H19N3O2. The highest BCUT2D eigenvalue weighted by molar-refractivity contribution is 5.93. The number of aromatic amines is 1. The van der Waals surface area contributed by atoms with Crippen molar-refractivity contribution >= 4 is 5.91 Å². The molecule has 98 valence electrons. The van der Waals surface area contributed by atoms with Crippen molar-refractivity contribution in [1.29, 1.82) is 0 Å². The number of hydrogen-bond acceptors (Lipinski definition) is 3. The molecule has 0 saturated carbocycles. The van der Waals surface area contributed by atoms with E-state index in [9.17, 15) is 9.59 Å². The van der Waals surface area contributed by atoms with Crippen molar-refractivity contribution in [3.05, 3.63) is 33.7 Å². The number of nitrogens with zero attached hydrogens (tertiary/aromatic N) is 2. The van der Waals surface area contributed by atoms with Gasteiger partial charge in [0.15, 0.2) is 5.43 Å². The van der Waals surface area contributed by atoms with Gasteiger partial charge in [0.25, 0.3) is 5.91 Å². The smallest absolute Gasteiger partial charge is 0.259 e. The molecule has 0 atom stereocenters. The second-order valence-electron chi connectivity index (χ2n) is 4.62. The van der Waals surface area contributed by atoms with Crippen molar-refractivity contribution in [2.24, 2.45) is 0 Å². The Morgan fingerprint density at radius 1 is 1.33 bits per heavy atom. The number of aryl methyl sites for hydroxylation is 1. The summed E-state index contributed by atoms with van der Waals surface area (Å²) in [6.07, 6.45) is 1.52. The molecule has 1 aliphatic rings. The van der Waals surface area contributed by atoms with E-state index in [0.717, 1.165) is 25.3 Å².